The summed E-state index contributed by atoms with van der Waals surface area (Å²) in [6, 6.07) is 7.73. The van der Waals surface area contributed by atoms with E-state index in [0.29, 0.717) is 27.8 Å². The molecule has 0 spiro atoms. The van der Waals surface area contributed by atoms with Crippen LogP contribution in [-0.4, -0.2) is 39.8 Å². The van der Waals surface area contributed by atoms with Gasteiger partial charge >= 0.3 is 5.97 Å². The first kappa shape index (κ1) is 21.2. The highest BCUT2D eigenvalue weighted by Crippen LogP contribution is 2.34. The Labute approximate surface area is 167 Å². The van der Waals surface area contributed by atoms with Crippen molar-refractivity contribution in [1.29, 1.82) is 0 Å². The quantitative estimate of drug-likeness (QED) is 0.510. The lowest BCUT2D eigenvalue weighted by Crippen LogP contribution is -2.28. The molecule has 0 unspecified atom stereocenters. The topological polar surface area (TPSA) is 109 Å². The largest absolute Gasteiger partial charge is 0.496 e. The second-order valence-electron chi connectivity index (χ2n) is 5.60. The van der Waals surface area contributed by atoms with Crippen LogP contribution < -0.4 is 25.3 Å². The van der Waals surface area contributed by atoms with Crippen LogP contribution in [0.3, 0.4) is 0 Å². The molecule has 2 aromatic rings. The second-order valence-corrected chi connectivity index (χ2v) is 6.04. The van der Waals surface area contributed by atoms with E-state index in [-0.39, 0.29) is 17.8 Å². The molecule has 8 nitrogen and oxygen atoms in total. The van der Waals surface area contributed by atoms with Crippen LogP contribution in [0.4, 0.5) is 5.69 Å². The van der Waals surface area contributed by atoms with E-state index in [1.165, 1.54) is 39.5 Å². The van der Waals surface area contributed by atoms with Gasteiger partial charge in [0.05, 0.1) is 26.9 Å². The Bertz CT molecular complexity index is 872. The third-order valence-corrected chi connectivity index (χ3v) is 4.07. The van der Waals surface area contributed by atoms with E-state index in [9.17, 15) is 9.59 Å². The number of nitrogen functional groups attached to an aromatic ring is 1. The summed E-state index contributed by atoms with van der Waals surface area (Å²) in [5.41, 5.74) is 6.70. The monoisotopic (exact) mass is 408 g/mol. The number of ether oxygens (including phenoxy) is 4. The number of methoxy groups -OCH3 is 3. The number of anilines is 1. The summed E-state index contributed by atoms with van der Waals surface area (Å²) in [4.78, 5) is 24.1. The molecule has 0 aliphatic heterocycles. The van der Waals surface area contributed by atoms with Crippen molar-refractivity contribution in [1.82, 2.24) is 5.32 Å². The molecule has 0 heterocycles. The number of nitrogens with one attached hydrogen (secondary N) is 1. The van der Waals surface area contributed by atoms with Crippen LogP contribution in [-0.2, 0) is 16.1 Å². The Morgan fingerprint density at radius 3 is 2.25 bits per heavy atom. The molecule has 0 fully saturated rings. The minimum absolute atomic E-state index is 0.138. The number of carbonyl (C=O) groups is 2. The number of amides is 1. The van der Waals surface area contributed by atoms with Gasteiger partial charge in [0.2, 0.25) is 0 Å². The average molecular weight is 409 g/mol. The van der Waals surface area contributed by atoms with Crippen molar-refractivity contribution in [3.63, 3.8) is 0 Å². The number of hydrogen-bond donors (Lipinski definition) is 2. The van der Waals surface area contributed by atoms with Crippen LogP contribution in [0, 0.1) is 0 Å². The number of halogens is 1. The predicted octanol–water partition coefficient (Wildman–Crippen LogP) is 2.42. The highest BCUT2D eigenvalue weighted by atomic mass is 35.5. The van der Waals surface area contributed by atoms with Crippen molar-refractivity contribution in [2.75, 3.05) is 33.7 Å². The van der Waals surface area contributed by atoms with Crippen LogP contribution >= 0.6 is 11.6 Å². The lowest BCUT2D eigenvalue weighted by atomic mass is 10.1. The molecular weight excluding hydrogens is 388 g/mol. The maximum absolute atomic E-state index is 12.0. The zero-order valence-corrected chi connectivity index (χ0v) is 16.5. The first-order chi connectivity index (χ1) is 13.4. The molecule has 2 rings (SSSR count). The summed E-state index contributed by atoms with van der Waals surface area (Å²) in [5.74, 6) is 0.315. The number of hydrogen-bond acceptors (Lipinski definition) is 7. The molecule has 0 radical (unpaired) electrons. The van der Waals surface area contributed by atoms with Gasteiger partial charge in [0.1, 0.15) is 5.75 Å². The number of benzene rings is 2. The Morgan fingerprint density at radius 2 is 1.64 bits per heavy atom. The van der Waals surface area contributed by atoms with Gasteiger partial charge in [-0.3, -0.25) is 4.79 Å². The van der Waals surface area contributed by atoms with Gasteiger partial charge < -0.3 is 30.0 Å². The molecular formula is C19H21ClN2O6. The molecule has 0 saturated heterocycles. The molecule has 150 valence electrons. The van der Waals surface area contributed by atoms with Gasteiger partial charge in [-0.05, 0) is 24.3 Å². The normalized spacial score (nSPS) is 10.1. The molecule has 1 amide bonds. The van der Waals surface area contributed by atoms with Crippen molar-refractivity contribution in [2.45, 2.75) is 6.54 Å². The van der Waals surface area contributed by atoms with Crippen molar-refractivity contribution in [3.8, 4) is 17.2 Å². The zero-order valence-electron chi connectivity index (χ0n) is 15.7. The van der Waals surface area contributed by atoms with Crippen LogP contribution in [0.25, 0.3) is 0 Å². The molecule has 28 heavy (non-hydrogen) atoms. The predicted molar refractivity (Wildman–Crippen MR) is 104 cm³/mol. The van der Waals surface area contributed by atoms with Crippen molar-refractivity contribution >= 4 is 29.2 Å². The molecule has 0 aromatic heterocycles. The van der Waals surface area contributed by atoms with Crippen LogP contribution in [0.1, 0.15) is 15.9 Å². The van der Waals surface area contributed by atoms with Gasteiger partial charge in [-0.1, -0.05) is 11.6 Å². The lowest BCUT2D eigenvalue weighted by molar-refractivity contribution is -0.124. The summed E-state index contributed by atoms with van der Waals surface area (Å²) >= 11 is 5.79. The fourth-order valence-electron chi connectivity index (χ4n) is 2.40. The van der Waals surface area contributed by atoms with E-state index in [0.717, 1.165) is 0 Å². The highest BCUT2D eigenvalue weighted by molar-refractivity contribution is 6.31. The zero-order chi connectivity index (χ0) is 20.7. The maximum atomic E-state index is 12.0. The molecule has 0 bridgehead atoms. The van der Waals surface area contributed by atoms with E-state index < -0.39 is 18.5 Å². The minimum atomic E-state index is -0.715. The highest BCUT2D eigenvalue weighted by Gasteiger charge is 2.15. The van der Waals surface area contributed by atoms with Crippen molar-refractivity contribution < 1.29 is 28.5 Å². The fourth-order valence-corrected chi connectivity index (χ4v) is 2.58. The Balaban J connectivity index is 1.96. The Morgan fingerprint density at radius 1 is 1.00 bits per heavy atom. The van der Waals surface area contributed by atoms with Crippen LogP contribution in [0.15, 0.2) is 30.3 Å². The van der Waals surface area contributed by atoms with Crippen molar-refractivity contribution in [3.05, 3.63) is 46.5 Å². The number of rotatable bonds is 8. The Kier molecular flexibility index (Phi) is 7.34. The van der Waals surface area contributed by atoms with E-state index in [2.05, 4.69) is 5.32 Å². The number of nitrogens with two attached hydrogens (primary N) is 1. The summed E-state index contributed by atoms with van der Waals surface area (Å²) in [6.45, 7) is -0.320. The first-order valence-corrected chi connectivity index (χ1v) is 8.55. The Hall–Kier alpha value is -3.13. The van der Waals surface area contributed by atoms with Crippen molar-refractivity contribution in [2.24, 2.45) is 0 Å². The molecule has 9 heteroatoms. The average Bonchev–Trinajstić information content (AvgIpc) is 2.69. The van der Waals surface area contributed by atoms with Gasteiger partial charge in [-0.15, -0.1) is 0 Å². The molecule has 0 aliphatic rings. The summed E-state index contributed by atoms with van der Waals surface area (Å²) < 4.78 is 20.8. The van der Waals surface area contributed by atoms with E-state index in [1.807, 2.05) is 0 Å². The second kappa shape index (κ2) is 9.70. The smallest absolute Gasteiger partial charge is 0.340 e. The van der Waals surface area contributed by atoms with Gasteiger partial charge in [0.25, 0.3) is 5.91 Å². The van der Waals surface area contributed by atoms with Crippen LogP contribution in [0.2, 0.25) is 5.02 Å². The number of esters is 1. The molecule has 3 N–H and O–H groups in total. The van der Waals surface area contributed by atoms with Gasteiger partial charge in [-0.2, -0.15) is 0 Å². The summed E-state index contributed by atoms with van der Waals surface area (Å²) in [6.07, 6.45) is 0. The van der Waals surface area contributed by atoms with Gasteiger partial charge in [-0.25, -0.2) is 4.79 Å². The van der Waals surface area contributed by atoms with Gasteiger partial charge in [0, 0.05) is 28.9 Å². The maximum Gasteiger partial charge on any atom is 0.340 e. The molecule has 0 atom stereocenters. The van der Waals surface area contributed by atoms with Gasteiger partial charge in [0.15, 0.2) is 18.1 Å². The SMILES string of the molecule is COc1cc(OC)c(OC)cc1CNC(=O)COC(=O)c1ccc(Cl)cc1N. The fraction of sp³-hybridized carbons (Fsp3) is 0.263. The lowest BCUT2D eigenvalue weighted by Gasteiger charge is -2.14. The first-order valence-electron chi connectivity index (χ1n) is 8.17. The van der Waals surface area contributed by atoms with E-state index in [1.54, 1.807) is 12.1 Å². The molecule has 0 aliphatic carbocycles. The summed E-state index contributed by atoms with van der Waals surface area (Å²) in [5, 5.41) is 3.05. The van der Waals surface area contributed by atoms with E-state index >= 15 is 0 Å². The van der Waals surface area contributed by atoms with E-state index in [4.69, 9.17) is 36.3 Å². The summed E-state index contributed by atoms with van der Waals surface area (Å²) in [7, 11) is 4.53. The number of carbonyl (C=O) groups excluding carboxylic acids is 2. The molecule has 2 aromatic carbocycles. The standard InChI is InChI=1S/C19H21ClN2O6/c1-25-15-8-17(27-3)16(26-2)6-11(15)9-22-18(23)10-28-19(24)13-5-4-12(20)7-14(13)21/h4-8H,9-10,21H2,1-3H3,(H,22,23). The van der Waals surface area contributed by atoms with Crippen LogP contribution in [0.5, 0.6) is 17.2 Å². The third kappa shape index (κ3) is 5.20. The third-order valence-electron chi connectivity index (χ3n) is 3.83. The molecule has 0 saturated carbocycles. The minimum Gasteiger partial charge on any atom is -0.496 e.